The third-order valence-electron chi connectivity index (χ3n) is 5.90. The van der Waals surface area contributed by atoms with E-state index >= 15 is 0 Å². The van der Waals surface area contributed by atoms with Gasteiger partial charge in [0.2, 0.25) is 0 Å². The van der Waals surface area contributed by atoms with Crippen molar-refractivity contribution in [1.29, 1.82) is 0 Å². The molecule has 0 unspecified atom stereocenters. The van der Waals surface area contributed by atoms with Crippen LogP contribution in [0.5, 0.6) is 17.2 Å². The van der Waals surface area contributed by atoms with Crippen molar-refractivity contribution in [3.05, 3.63) is 89.5 Å². The van der Waals surface area contributed by atoms with Crippen molar-refractivity contribution >= 4 is 11.9 Å². The Morgan fingerprint density at radius 2 is 1.00 bits per heavy atom. The van der Waals surface area contributed by atoms with Crippen LogP contribution in [0.4, 0.5) is 0 Å². The van der Waals surface area contributed by atoms with E-state index in [0.717, 1.165) is 6.42 Å². The molecular weight excluding hydrogens is 452 g/mol. The SMILES string of the molecule is CCCCCCCCCc1ccc(C(=O)Oc2ccc(OC(=O)c3ccc(OCC)cc3)cc2)cc1. The molecule has 0 amide bonds. The monoisotopic (exact) mass is 488 g/mol. The molecule has 0 spiro atoms. The number of hydrogen-bond acceptors (Lipinski definition) is 5. The minimum Gasteiger partial charge on any atom is -0.494 e. The van der Waals surface area contributed by atoms with Crippen LogP contribution in [0.15, 0.2) is 72.8 Å². The van der Waals surface area contributed by atoms with Crippen LogP contribution < -0.4 is 14.2 Å². The number of hydrogen-bond donors (Lipinski definition) is 0. The van der Waals surface area contributed by atoms with E-state index in [2.05, 4.69) is 6.92 Å². The summed E-state index contributed by atoms with van der Waals surface area (Å²) >= 11 is 0. The normalized spacial score (nSPS) is 10.6. The summed E-state index contributed by atoms with van der Waals surface area (Å²) in [7, 11) is 0. The van der Waals surface area contributed by atoms with Gasteiger partial charge in [-0.05, 0) is 86.0 Å². The van der Waals surface area contributed by atoms with Crippen LogP contribution in [0.2, 0.25) is 0 Å². The highest BCUT2D eigenvalue weighted by Gasteiger charge is 2.11. The molecule has 3 aromatic rings. The van der Waals surface area contributed by atoms with E-state index < -0.39 is 11.9 Å². The Labute approximate surface area is 214 Å². The molecule has 0 atom stereocenters. The number of esters is 2. The summed E-state index contributed by atoms with van der Waals surface area (Å²) in [6, 6.07) is 20.8. The molecule has 190 valence electrons. The molecular formula is C31H36O5. The minimum absolute atomic E-state index is 0.364. The Hall–Kier alpha value is -3.60. The van der Waals surface area contributed by atoms with Gasteiger partial charge < -0.3 is 14.2 Å². The summed E-state index contributed by atoms with van der Waals surface area (Å²) in [6.45, 7) is 4.70. The van der Waals surface area contributed by atoms with Gasteiger partial charge >= 0.3 is 11.9 Å². The second-order valence-electron chi connectivity index (χ2n) is 8.78. The molecule has 0 radical (unpaired) electrons. The van der Waals surface area contributed by atoms with Crippen LogP contribution in [0, 0.1) is 0 Å². The van der Waals surface area contributed by atoms with E-state index in [0.29, 0.717) is 35.0 Å². The van der Waals surface area contributed by atoms with E-state index in [1.165, 1.54) is 50.5 Å². The summed E-state index contributed by atoms with van der Waals surface area (Å²) in [4.78, 5) is 24.9. The van der Waals surface area contributed by atoms with Gasteiger partial charge in [0.25, 0.3) is 0 Å². The molecule has 0 N–H and O–H groups in total. The van der Waals surface area contributed by atoms with E-state index in [1.807, 2.05) is 31.2 Å². The molecule has 0 bridgehead atoms. The van der Waals surface area contributed by atoms with Crippen molar-refractivity contribution in [3.63, 3.8) is 0 Å². The molecule has 0 saturated carbocycles. The summed E-state index contributed by atoms with van der Waals surface area (Å²) < 4.78 is 16.3. The zero-order chi connectivity index (χ0) is 25.6. The molecule has 0 aromatic heterocycles. The molecule has 0 saturated heterocycles. The Kier molecular flexibility index (Phi) is 11.0. The minimum atomic E-state index is -0.473. The lowest BCUT2D eigenvalue weighted by Gasteiger charge is -2.08. The predicted molar refractivity (Wildman–Crippen MR) is 142 cm³/mol. The number of carbonyl (C=O) groups excluding carboxylic acids is 2. The fourth-order valence-corrected chi connectivity index (χ4v) is 3.86. The maximum Gasteiger partial charge on any atom is 0.343 e. The molecule has 3 aromatic carbocycles. The molecule has 3 rings (SSSR count). The lowest BCUT2D eigenvalue weighted by Crippen LogP contribution is -2.09. The zero-order valence-electron chi connectivity index (χ0n) is 21.3. The summed E-state index contributed by atoms with van der Waals surface area (Å²) in [5.41, 5.74) is 2.16. The maximum atomic E-state index is 12.5. The molecule has 36 heavy (non-hydrogen) atoms. The highest BCUT2D eigenvalue weighted by atomic mass is 16.5. The van der Waals surface area contributed by atoms with E-state index in [9.17, 15) is 9.59 Å². The Bertz CT molecular complexity index is 1070. The van der Waals surface area contributed by atoms with Crippen molar-refractivity contribution in [3.8, 4) is 17.2 Å². The smallest absolute Gasteiger partial charge is 0.343 e. The third-order valence-corrected chi connectivity index (χ3v) is 5.90. The Morgan fingerprint density at radius 3 is 1.50 bits per heavy atom. The first kappa shape index (κ1) is 27.0. The Balaban J connectivity index is 1.44. The molecule has 0 aliphatic heterocycles. The van der Waals surface area contributed by atoms with Crippen LogP contribution in [0.3, 0.4) is 0 Å². The molecule has 5 nitrogen and oxygen atoms in total. The van der Waals surface area contributed by atoms with Crippen molar-refractivity contribution in [1.82, 2.24) is 0 Å². The van der Waals surface area contributed by atoms with Gasteiger partial charge in [-0.3, -0.25) is 0 Å². The summed E-state index contributed by atoms with van der Waals surface area (Å²) in [5, 5.41) is 0. The van der Waals surface area contributed by atoms with Crippen molar-refractivity contribution < 1.29 is 23.8 Å². The van der Waals surface area contributed by atoms with Crippen molar-refractivity contribution in [2.24, 2.45) is 0 Å². The fraction of sp³-hybridized carbons (Fsp3) is 0.355. The number of unbranched alkanes of at least 4 members (excludes halogenated alkanes) is 6. The van der Waals surface area contributed by atoms with Gasteiger partial charge in [0.1, 0.15) is 17.2 Å². The summed E-state index contributed by atoms with van der Waals surface area (Å²) in [6.07, 6.45) is 10.0. The number of aryl methyl sites for hydroxylation is 1. The van der Waals surface area contributed by atoms with Crippen LogP contribution in [-0.4, -0.2) is 18.5 Å². The zero-order valence-corrected chi connectivity index (χ0v) is 21.3. The van der Waals surface area contributed by atoms with E-state index in [-0.39, 0.29) is 0 Å². The maximum absolute atomic E-state index is 12.5. The number of ether oxygens (including phenoxy) is 3. The quantitative estimate of drug-likeness (QED) is 0.131. The van der Waals surface area contributed by atoms with Gasteiger partial charge in [-0.15, -0.1) is 0 Å². The first-order valence-electron chi connectivity index (χ1n) is 12.9. The van der Waals surface area contributed by atoms with Gasteiger partial charge in [0.05, 0.1) is 17.7 Å². The second-order valence-corrected chi connectivity index (χ2v) is 8.78. The third kappa shape index (κ3) is 8.88. The van der Waals surface area contributed by atoms with Gasteiger partial charge in [0, 0.05) is 0 Å². The topological polar surface area (TPSA) is 61.8 Å². The molecule has 0 aliphatic rings. The van der Waals surface area contributed by atoms with Crippen LogP contribution in [0.25, 0.3) is 0 Å². The van der Waals surface area contributed by atoms with E-state index in [1.54, 1.807) is 48.5 Å². The number of rotatable bonds is 14. The Morgan fingerprint density at radius 1 is 0.556 bits per heavy atom. The van der Waals surface area contributed by atoms with Gasteiger partial charge in [-0.1, -0.05) is 57.6 Å². The average molecular weight is 489 g/mol. The molecule has 0 heterocycles. The second kappa shape index (κ2) is 14.7. The largest absolute Gasteiger partial charge is 0.494 e. The van der Waals surface area contributed by atoms with Crippen LogP contribution in [-0.2, 0) is 6.42 Å². The fourth-order valence-electron chi connectivity index (χ4n) is 3.86. The first-order valence-corrected chi connectivity index (χ1v) is 12.9. The number of benzene rings is 3. The lowest BCUT2D eigenvalue weighted by atomic mass is 10.0. The molecule has 5 heteroatoms. The summed E-state index contributed by atoms with van der Waals surface area (Å²) in [5.74, 6) is 0.551. The van der Waals surface area contributed by atoms with Crippen molar-refractivity contribution in [2.75, 3.05) is 6.61 Å². The van der Waals surface area contributed by atoms with E-state index in [4.69, 9.17) is 14.2 Å². The highest BCUT2D eigenvalue weighted by molar-refractivity contribution is 5.92. The first-order chi connectivity index (χ1) is 17.6. The van der Waals surface area contributed by atoms with Gasteiger partial charge in [0.15, 0.2) is 0 Å². The molecule has 0 fully saturated rings. The average Bonchev–Trinajstić information content (AvgIpc) is 2.90. The van der Waals surface area contributed by atoms with Crippen LogP contribution >= 0.6 is 0 Å². The van der Waals surface area contributed by atoms with Gasteiger partial charge in [-0.25, -0.2) is 9.59 Å². The number of carbonyl (C=O) groups is 2. The predicted octanol–water partition coefficient (Wildman–Crippen LogP) is 7.82. The highest BCUT2D eigenvalue weighted by Crippen LogP contribution is 2.21. The molecule has 0 aliphatic carbocycles. The van der Waals surface area contributed by atoms with Gasteiger partial charge in [-0.2, -0.15) is 0 Å². The van der Waals surface area contributed by atoms with Crippen LogP contribution in [0.1, 0.15) is 85.1 Å². The van der Waals surface area contributed by atoms with Crippen molar-refractivity contribution in [2.45, 2.75) is 65.2 Å². The standard InChI is InChI=1S/C31H36O5/c1-3-5-6-7-8-9-10-11-24-12-14-25(15-13-24)30(32)35-28-20-22-29(23-21-28)36-31(33)26-16-18-27(19-17-26)34-4-2/h12-23H,3-11H2,1-2H3. The lowest BCUT2D eigenvalue weighted by molar-refractivity contribution is 0.0719.